The van der Waals surface area contributed by atoms with E-state index in [1.807, 2.05) is 44.2 Å². The Morgan fingerprint density at radius 2 is 1.97 bits per heavy atom. The number of anilines is 1. The summed E-state index contributed by atoms with van der Waals surface area (Å²) in [6, 6.07) is 11.0. The highest BCUT2D eigenvalue weighted by molar-refractivity contribution is 7.06. The first-order valence-corrected chi connectivity index (χ1v) is 10.2. The standard InChI is InChI=1S/C21H22ClN5O2S/c1-11-8-13(9-16(22)18(11)23)10-25-21(24)26-20(28)17-12(2)30-27-19(17)14-4-6-15(29-3)7-5-14/h4-9H,10,23H2,1-3H3,(H3,24,25,26,28). The van der Waals surface area contributed by atoms with Gasteiger partial charge in [0.05, 0.1) is 29.1 Å². The Balaban J connectivity index is 1.78. The molecule has 0 atom stereocenters. The van der Waals surface area contributed by atoms with Crippen molar-refractivity contribution in [3.05, 3.63) is 63.0 Å². The Morgan fingerprint density at radius 3 is 2.60 bits per heavy atom. The molecule has 30 heavy (non-hydrogen) atoms. The molecule has 5 N–H and O–H groups in total. The normalized spacial score (nSPS) is 11.4. The van der Waals surface area contributed by atoms with Gasteiger partial charge in [-0.05, 0) is 66.8 Å². The average molecular weight is 444 g/mol. The van der Waals surface area contributed by atoms with Gasteiger partial charge in [-0.2, -0.15) is 9.37 Å². The van der Waals surface area contributed by atoms with E-state index in [2.05, 4.69) is 14.7 Å². The fourth-order valence-corrected chi connectivity index (χ4v) is 3.89. The molecule has 2 aromatic carbocycles. The van der Waals surface area contributed by atoms with Gasteiger partial charge < -0.3 is 21.5 Å². The Bertz CT molecular complexity index is 1090. The molecule has 0 unspecified atom stereocenters. The topological polar surface area (TPSA) is 116 Å². The molecule has 1 heterocycles. The van der Waals surface area contributed by atoms with Crippen molar-refractivity contribution in [2.75, 3.05) is 12.8 Å². The molecule has 0 fully saturated rings. The molecule has 1 aromatic heterocycles. The van der Waals surface area contributed by atoms with Gasteiger partial charge in [0.25, 0.3) is 5.91 Å². The molecule has 3 aromatic rings. The van der Waals surface area contributed by atoms with Crippen molar-refractivity contribution in [3.63, 3.8) is 0 Å². The van der Waals surface area contributed by atoms with Crippen LogP contribution in [0.4, 0.5) is 5.69 Å². The van der Waals surface area contributed by atoms with Crippen LogP contribution in [0.15, 0.2) is 41.4 Å². The summed E-state index contributed by atoms with van der Waals surface area (Å²) in [5, 5.41) is 3.41. The average Bonchev–Trinajstić information content (AvgIpc) is 3.12. The van der Waals surface area contributed by atoms with Gasteiger partial charge in [0.2, 0.25) is 0 Å². The Labute approximate surface area is 183 Å². The zero-order chi connectivity index (χ0) is 21.8. The monoisotopic (exact) mass is 443 g/mol. The number of aromatic nitrogens is 1. The Hall–Kier alpha value is -3.10. The fraction of sp³-hybridized carbons (Fsp3) is 0.190. The fourth-order valence-electron chi connectivity index (χ4n) is 2.90. The molecule has 0 saturated carbocycles. The first-order valence-electron chi connectivity index (χ1n) is 9.07. The molecule has 0 radical (unpaired) electrons. The first kappa shape index (κ1) is 21.6. The number of nitrogen functional groups attached to an aromatic ring is 1. The van der Waals surface area contributed by atoms with Crippen LogP contribution in [0.3, 0.4) is 0 Å². The van der Waals surface area contributed by atoms with Crippen molar-refractivity contribution in [1.82, 2.24) is 9.69 Å². The van der Waals surface area contributed by atoms with Gasteiger partial charge in [-0.3, -0.25) is 4.79 Å². The predicted octanol–water partition coefficient (Wildman–Crippen LogP) is 3.92. The number of methoxy groups -OCH3 is 1. The molecular weight excluding hydrogens is 422 g/mol. The lowest BCUT2D eigenvalue weighted by molar-refractivity contribution is 0.100. The number of halogens is 1. The number of benzene rings is 2. The summed E-state index contributed by atoms with van der Waals surface area (Å²) in [6.07, 6.45) is 0. The van der Waals surface area contributed by atoms with E-state index in [0.717, 1.165) is 27.3 Å². The van der Waals surface area contributed by atoms with Gasteiger partial charge in [0, 0.05) is 17.0 Å². The molecule has 0 aliphatic carbocycles. The van der Waals surface area contributed by atoms with Crippen molar-refractivity contribution in [3.8, 4) is 17.0 Å². The number of nitrogens with zero attached hydrogens (tertiary/aromatic N) is 2. The number of hydrogen-bond acceptors (Lipinski definition) is 5. The van der Waals surface area contributed by atoms with Crippen LogP contribution in [0.5, 0.6) is 5.75 Å². The first-order chi connectivity index (χ1) is 14.3. The van der Waals surface area contributed by atoms with Crippen LogP contribution in [0.25, 0.3) is 11.3 Å². The minimum atomic E-state index is -0.455. The summed E-state index contributed by atoms with van der Waals surface area (Å²) >= 11 is 7.36. The van der Waals surface area contributed by atoms with E-state index in [1.54, 1.807) is 13.2 Å². The van der Waals surface area contributed by atoms with Crippen LogP contribution in [0.2, 0.25) is 5.02 Å². The van der Waals surface area contributed by atoms with Gasteiger partial charge in [0.15, 0.2) is 5.96 Å². The van der Waals surface area contributed by atoms with Crippen molar-refractivity contribution < 1.29 is 9.53 Å². The molecular formula is C21H22ClN5O2S. The summed E-state index contributed by atoms with van der Waals surface area (Å²) in [7, 11) is 1.60. The maximum atomic E-state index is 12.8. The van der Waals surface area contributed by atoms with E-state index in [0.29, 0.717) is 28.5 Å². The van der Waals surface area contributed by atoms with Gasteiger partial charge in [-0.25, -0.2) is 0 Å². The van der Waals surface area contributed by atoms with E-state index in [9.17, 15) is 4.79 Å². The van der Waals surface area contributed by atoms with Gasteiger partial charge in [-0.15, -0.1) is 0 Å². The maximum absolute atomic E-state index is 12.8. The number of nitrogens with two attached hydrogens (primary N) is 2. The van der Waals surface area contributed by atoms with Crippen LogP contribution in [0.1, 0.15) is 26.4 Å². The smallest absolute Gasteiger partial charge is 0.283 e. The number of aliphatic imine (C=N–C) groups is 1. The molecule has 0 aliphatic rings. The molecule has 0 saturated heterocycles. The summed E-state index contributed by atoms with van der Waals surface area (Å²) in [5.74, 6) is 0.281. The summed E-state index contributed by atoms with van der Waals surface area (Å²) in [4.78, 5) is 17.6. The molecule has 3 rings (SSSR count). The van der Waals surface area contributed by atoms with E-state index >= 15 is 0 Å². The van der Waals surface area contributed by atoms with Crippen molar-refractivity contribution in [1.29, 1.82) is 0 Å². The number of ether oxygens (including phenoxy) is 1. The number of amides is 1. The minimum absolute atomic E-state index is 0.0110. The summed E-state index contributed by atoms with van der Waals surface area (Å²) in [6.45, 7) is 4.06. The second-order valence-electron chi connectivity index (χ2n) is 6.65. The van der Waals surface area contributed by atoms with Gasteiger partial charge in [-0.1, -0.05) is 17.7 Å². The largest absolute Gasteiger partial charge is 0.497 e. The number of carbonyl (C=O) groups is 1. The minimum Gasteiger partial charge on any atom is -0.497 e. The maximum Gasteiger partial charge on any atom is 0.283 e. The van der Waals surface area contributed by atoms with E-state index in [4.69, 9.17) is 27.8 Å². The number of aryl methyl sites for hydroxylation is 2. The number of rotatable bonds is 5. The predicted molar refractivity (Wildman–Crippen MR) is 122 cm³/mol. The lowest BCUT2D eigenvalue weighted by Gasteiger charge is -2.09. The highest BCUT2D eigenvalue weighted by atomic mass is 35.5. The third kappa shape index (κ3) is 4.72. The number of nitrogens with one attached hydrogen (secondary N) is 1. The summed E-state index contributed by atoms with van der Waals surface area (Å²) in [5.41, 5.74) is 15.9. The van der Waals surface area contributed by atoms with E-state index < -0.39 is 5.91 Å². The highest BCUT2D eigenvalue weighted by Crippen LogP contribution is 2.30. The molecule has 9 heteroatoms. The Kier molecular flexibility index (Phi) is 6.59. The van der Waals surface area contributed by atoms with E-state index in [1.165, 1.54) is 11.5 Å². The SMILES string of the molecule is COc1ccc(-c2nsc(C)c2C(=O)/N=C(/N)NCc2cc(C)c(N)c(Cl)c2)cc1. The van der Waals surface area contributed by atoms with Crippen LogP contribution in [0, 0.1) is 13.8 Å². The van der Waals surface area contributed by atoms with Crippen molar-refractivity contribution >= 4 is 40.7 Å². The van der Waals surface area contributed by atoms with Crippen molar-refractivity contribution in [2.24, 2.45) is 10.7 Å². The molecule has 0 spiro atoms. The zero-order valence-corrected chi connectivity index (χ0v) is 18.4. The van der Waals surface area contributed by atoms with E-state index in [-0.39, 0.29) is 5.96 Å². The lowest BCUT2D eigenvalue weighted by atomic mass is 10.1. The molecule has 156 valence electrons. The zero-order valence-electron chi connectivity index (χ0n) is 16.8. The second-order valence-corrected chi connectivity index (χ2v) is 8.04. The molecule has 1 amide bonds. The van der Waals surface area contributed by atoms with Crippen LogP contribution in [-0.2, 0) is 6.54 Å². The van der Waals surface area contributed by atoms with Crippen LogP contribution in [-0.4, -0.2) is 23.4 Å². The van der Waals surface area contributed by atoms with Gasteiger partial charge >= 0.3 is 0 Å². The highest BCUT2D eigenvalue weighted by Gasteiger charge is 2.20. The number of guanidine groups is 1. The van der Waals surface area contributed by atoms with Gasteiger partial charge in [0.1, 0.15) is 5.75 Å². The molecule has 0 aliphatic heterocycles. The second kappa shape index (κ2) is 9.15. The number of hydrogen-bond donors (Lipinski definition) is 3. The number of carbonyl (C=O) groups excluding carboxylic acids is 1. The Morgan fingerprint density at radius 1 is 1.27 bits per heavy atom. The molecule has 0 bridgehead atoms. The lowest BCUT2D eigenvalue weighted by Crippen LogP contribution is -2.32. The van der Waals surface area contributed by atoms with Crippen LogP contribution >= 0.6 is 23.1 Å². The third-order valence-electron chi connectivity index (χ3n) is 4.53. The van der Waals surface area contributed by atoms with Crippen LogP contribution < -0.4 is 21.5 Å². The summed E-state index contributed by atoms with van der Waals surface area (Å²) < 4.78 is 9.59. The quantitative estimate of drug-likeness (QED) is 0.312. The van der Waals surface area contributed by atoms with Crippen molar-refractivity contribution in [2.45, 2.75) is 20.4 Å². The third-order valence-corrected chi connectivity index (χ3v) is 5.60. The molecule has 7 nitrogen and oxygen atoms in total.